The van der Waals surface area contributed by atoms with E-state index in [-0.39, 0.29) is 12.6 Å². The molecule has 1 atom stereocenters. The zero-order valence-electron chi connectivity index (χ0n) is 12.1. The molecule has 0 unspecified atom stereocenters. The number of nitrogens with one attached hydrogen (secondary N) is 1. The number of halogens is 2. The van der Waals surface area contributed by atoms with Crippen LogP contribution in [0.1, 0.15) is 13.3 Å². The zero-order chi connectivity index (χ0) is 15.7. The Bertz CT molecular complexity index is 832. The lowest BCUT2D eigenvalue weighted by Crippen LogP contribution is -2.23. The average Bonchev–Trinajstić information content (AvgIpc) is 2.52. The third-order valence-electron chi connectivity index (χ3n) is 3.77. The molecule has 3 rings (SSSR count). The van der Waals surface area contributed by atoms with E-state index in [1.807, 2.05) is 43.3 Å². The van der Waals surface area contributed by atoms with Crippen LogP contribution >= 0.6 is 23.2 Å². The summed E-state index contributed by atoms with van der Waals surface area (Å²) in [5, 5.41) is 17.1. The van der Waals surface area contributed by atoms with Gasteiger partial charge < -0.3 is 10.4 Å². The van der Waals surface area contributed by atoms with Gasteiger partial charge in [0.2, 0.25) is 0 Å². The molecule has 0 bridgehead atoms. The maximum Gasteiger partial charge on any atom is 0.134 e. The Kier molecular flexibility index (Phi) is 4.39. The molecular weight excluding hydrogens is 319 g/mol. The monoisotopic (exact) mass is 334 g/mol. The van der Waals surface area contributed by atoms with E-state index < -0.39 is 0 Å². The number of benzene rings is 2. The lowest BCUT2D eigenvalue weighted by atomic mass is 10.1. The van der Waals surface area contributed by atoms with Crippen LogP contribution in [0.3, 0.4) is 0 Å². The van der Waals surface area contributed by atoms with Crippen molar-refractivity contribution in [2.75, 3.05) is 11.9 Å². The van der Waals surface area contributed by atoms with Gasteiger partial charge in [-0.2, -0.15) is 0 Å². The van der Waals surface area contributed by atoms with Crippen LogP contribution in [0, 0.1) is 0 Å². The zero-order valence-corrected chi connectivity index (χ0v) is 13.6. The van der Waals surface area contributed by atoms with Crippen LogP contribution in [0.15, 0.2) is 36.4 Å². The molecule has 3 nitrogen and oxygen atoms in total. The molecule has 114 valence electrons. The molecule has 5 heteroatoms. The van der Waals surface area contributed by atoms with Crippen molar-refractivity contribution in [3.8, 4) is 0 Å². The van der Waals surface area contributed by atoms with Crippen LogP contribution in [0.4, 0.5) is 5.82 Å². The molecule has 1 heterocycles. The summed E-state index contributed by atoms with van der Waals surface area (Å²) in [7, 11) is 0. The van der Waals surface area contributed by atoms with E-state index in [2.05, 4.69) is 10.3 Å². The number of hydrogen-bond acceptors (Lipinski definition) is 3. The van der Waals surface area contributed by atoms with Gasteiger partial charge in [-0.25, -0.2) is 4.98 Å². The number of aliphatic hydroxyl groups excluding tert-OH is 1. The van der Waals surface area contributed by atoms with Crippen molar-refractivity contribution in [1.29, 1.82) is 0 Å². The van der Waals surface area contributed by atoms with Crippen molar-refractivity contribution in [3.63, 3.8) is 0 Å². The molecule has 0 fully saturated rings. The van der Waals surface area contributed by atoms with E-state index in [0.29, 0.717) is 15.9 Å². The first kappa shape index (κ1) is 15.3. The molecule has 0 aliphatic carbocycles. The maximum absolute atomic E-state index is 9.43. The Morgan fingerprint density at radius 3 is 2.41 bits per heavy atom. The van der Waals surface area contributed by atoms with Gasteiger partial charge in [0.05, 0.1) is 18.2 Å². The van der Waals surface area contributed by atoms with Gasteiger partial charge in [-0.15, -0.1) is 0 Å². The van der Waals surface area contributed by atoms with Crippen LogP contribution in [-0.4, -0.2) is 22.7 Å². The fourth-order valence-electron chi connectivity index (χ4n) is 2.53. The van der Waals surface area contributed by atoms with Gasteiger partial charge in [-0.1, -0.05) is 42.3 Å². The lowest BCUT2D eigenvalue weighted by molar-refractivity contribution is 0.271. The Labute approximate surface area is 138 Å². The Morgan fingerprint density at radius 2 is 1.73 bits per heavy atom. The summed E-state index contributed by atoms with van der Waals surface area (Å²) in [5.74, 6) is 0.716. The molecule has 2 aromatic carbocycles. The number of aliphatic hydroxyl groups is 1. The SMILES string of the molecule is CC[C@H](CO)Nc1nc2cc(Cl)ccc2c2ccc(Cl)cc12. The number of anilines is 1. The molecular formula is C17H16Cl2N2O. The topological polar surface area (TPSA) is 45.1 Å². The molecule has 22 heavy (non-hydrogen) atoms. The Morgan fingerprint density at radius 1 is 1.05 bits per heavy atom. The summed E-state index contributed by atoms with van der Waals surface area (Å²) in [6, 6.07) is 11.4. The van der Waals surface area contributed by atoms with E-state index in [1.54, 1.807) is 0 Å². The average molecular weight is 335 g/mol. The fraction of sp³-hybridized carbons (Fsp3) is 0.235. The normalized spacial score (nSPS) is 12.7. The minimum Gasteiger partial charge on any atom is -0.394 e. The van der Waals surface area contributed by atoms with Crippen molar-refractivity contribution >= 4 is 50.7 Å². The highest BCUT2D eigenvalue weighted by Gasteiger charge is 2.12. The Hall–Kier alpha value is -1.55. The van der Waals surface area contributed by atoms with Crippen LogP contribution in [0.25, 0.3) is 21.7 Å². The molecule has 2 N–H and O–H groups in total. The van der Waals surface area contributed by atoms with Crippen LogP contribution < -0.4 is 5.32 Å². The largest absolute Gasteiger partial charge is 0.394 e. The molecule has 3 aromatic rings. The number of rotatable bonds is 4. The summed E-state index contributed by atoms with van der Waals surface area (Å²) in [6.45, 7) is 2.06. The van der Waals surface area contributed by atoms with Crippen molar-refractivity contribution < 1.29 is 5.11 Å². The summed E-state index contributed by atoms with van der Waals surface area (Å²) >= 11 is 12.2. The van der Waals surface area contributed by atoms with Gasteiger partial charge in [0, 0.05) is 20.8 Å². The number of fused-ring (bicyclic) bond motifs is 3. The van der Waals surface area contributed by atoms with Gasteiger partial charge in [-0.05, 0) is 36.1 Å². The number of hydrogen-bond donors (Lipinski definition) is 2. The van der Waals surface area contributed by atoms with Gasteiger partial charge >= 0.3 is 0 Å². The van der Waals surface area contributed by atoms with E-state index in [0.717, 1.165) is 28.1 Å². The third kappa shape index (κ3) is 2.84. The first-order valence-corrected chi connectivity index (χ1v) is 7.94. The van der Waals surface area contributed by atoms with Crippen LogP contribution in [0.2, 0.25) is 10.0 Å². The lowest BCUT2D eigenvalue weighted by Gasteiger charge is -2.17. The highest BCUT2D eigenvalue weighted by Crippen LogP contribution is 2.32. The second-order valence-electron chi connectivity index (χ2n) is 5.24. The van der Waals surface area contributed by atoms with Gasteiger partial charge in [0.15, 0.2) is 0 Å². The van der Waals surface area contributed by atoms with E-state index in [9.17, 15) is 5.11 Å². The second-order valence-corrected chi connectivity index (χ2v) is 6.12. The first-order chi connectivity index (χ1) is 10.6. The number of pyridine rings is 1. The predicted molar refractivity (Wildman–Crippen MR) is 94.1 cm³/mol. The predicted octanol–water partition coefficient (Wildman–Crippen LogP) is 4.88. The molecule has 0 saturated heterocycles. The molecule has 0 saturated carbocycles. The first-order valence-electron chi connectivity index (χ1n) is 7.18. The third-order valence-corrected chi connectivity index (χ3v) is 4.24. The summed E-state index contributed by atoms with van der Waals surface area (Å²) in [5.41, 5.74) is 0.817. The molecule has 0 radical (unpaired) electrons. The molecule has 1 aromatic heterocycles. The van der Waals surface area contributed by atoms with Gasteiger partial charge in [0.25, 0.3) is 0 Å². The minimum absolute atomic E-state index is 0.0494. The van der Waals surface area contributed by atoms with Gasteiger partial charge in [0.1, 0.15) is 5.82 Å². The fourth-order valence-corrected chi connectivity index (χ4v) is 2.87. The van der Waals surface area contributed by atoms with Crippen molar-refractivity contribution in [3.05, 3.63) is 46.4 Å². The second kappa shape index (κ2) is 6.29. The standard InChI is InChI=1S/C17H16Cl2N2O/c1-2-12(9-22)20-17-15-7-10(18)3-5-13(15)14-6-4-11(19)8-16(14)21-17/h3-8,12,22H,2,9H2,1H3,(H,20,21)/t12-/m1/s1. The van der Waals surface area contributed by atoms with Crippen LogP contribution in [0.5, 0.6) is 0 Å². The molecule has 0 aliphatic heterocycles. The quantitative estimate of drug-likeness (QED) is 0.668. The number of nitrogens with zero attached hydrogens (tertiary/aromatic N) is 1. The molecule has 0 amide bonds. The minimum atomic E-state index is -0.0497. The van der Waals surface area contributed by atoms with E-state index >= 15 is 0 Å². The van der Waals surface area contributed by atoms with Crippen molar-refractivity contribution in [2.45, 2.75) is 19.4 Å². The van der Waals surface area contributed by atoms with Gasteiger partial charge in [-0.3, -0.25) is 0 Å². The highest BCUT2D eigenvalue weighted by molar-refractivity contribution is 6.32. The summed E-state index contributed by atoms with van der Waals surface area (Å²) in [4.78, 5) is 4.68. The summed E-state index contributed by atoms with van der Waals surface area (Å²) < 4.78 is 0. The van der Waals surface area contributed by atoms with Crippen molar-refractivity contribution in [2.24, 2.45) is 0 Å². The van der Waals surface area contributed by atoms with E-state index in [4.69, 9.17) is 23.2 Å². The smallest absolute Gasteiger partial charge is 0.134 e. The van der Waals surface area contributed by atoms with Crippen LogP contribution in [-0.2, 0) is 0 Å². The highest BCUT2D eigenvalue weighted by atomic mass is 35.5. The maximum atomic E-state index is 9.43. The Balaban J connectivity index is 2.29. The molecule has 0 aliphatic rings. The van der Waals surface area contributed by atoms with E-state index in [1.165, 1.54) is 0 Å². The summed E-state index contributed by atoms with van der Waals surface area (Å²) in [6.07, 6.45) is 0.799. The van der Waals surface area contributed by atoms with Crippen molar-refractivity contribution in [1.82, 2.24) is 4.98 Å². The molecule has 0 spiro atoms. The number of aromatic nitrogens is 1.